The molecule has 7 heteroatoms. The second-order valence-corrected chi connectivity index (χ2v) is 9.89. The van der Waals surface area contributed by atoms with E-state index in [0.29, 0.717) is 16.3 Å². The van der Waals surface area contributed by atoms with E-state index in [2.05, 4.69) is 35.8 Å². The monoisotopic (exact) mass is 436 g/mol. The molecule has 2 amide bonds. The first-order valence-corrected chi connectivity index (χ1v) is 12.0. The van der Waals surface area contributed by atoms with Gasteiger partial charge in [-0.2, -0.15) is 0 Å². The lowest BCUT2D eigenvalue weighted by atomic mass is 9.88. The Labute approximate surface area is 185 Å². The van der Waals surface area contributed by atoms with Crippen molar-refractivity contribution in [1.29, 1.82) is 0 Å². The molecule has 6 nitrogen and oxygen atoms in total. The van der Waals surface area contributed by atoms with Gasteiger partial charge < -0.3 is 5.32 Å². The molecule has 3 heterocycles. The summed E-state index contributed by atoms with van der Waals surface area (Å²) in [6.45, 7) is 4.85. The fraction of sp³-hybridized carbons (Fsp3) is 0.458. The molecule has 1 aliphatic carbocycles. The molecule has 0 saturated carbocycles. The molecular formula is C24H28N4O2S. The number of thiophene rings is 1. The van der Waals surface area contributed by atoms with Gasteiger partial charge in [0.1, 0.15) is 15.7 Å². The predicted octanol–water partition coefficient (Wildman–Crippen LogP) is 4.94. The number of nitrogens with one attached hydrogen (secondary N) is 2. The highest BCUT2D eigenvalue weighted by Crippen LogP contribution is 2.34. The quantitative estimate of drug-likeness (QED) is 0.598. The minimum absolute atomic E-state index is 0.0152. The van der Waals surface area contributed by atoms with Gasteiger partial charge in [0.2, 0.25) is 0 Å². The van der Waals surface area contributed by atoms with Gasteiger partial charge in [-0.05, 0) is 61.6 Å². The van der Waals surface area contributed by atoms with Crippen LogP contribution in [-0.4, -0.2) is 15.6 Å². The minimum atomic E-state index is -0.230. The largest absolute Gasteiger partial charge is 0.331 e. The number of nitrogens with zero attached hydrogens (tertiary/aromatic N) is 2. The fourth-order valence-corrected chi connectivity index (χ4v) is 5.96. The molecule has 2 N–H and O–H groups in total. The fourth-order valence-electron chi connectivity index (χ4n) is 4.87. The molecule has 3 aromatic rings. The minimum Gasteiger partial charge on any atom is -0.331 e. The Bertz CT molecular complexity index is 1210. The van der Waals surface area contributed by atoms with Crippen molar-refractivity contribution < 1.29 is 4.79 Å². The molecule has 2 aliphatic rings. The van der Waals surface area contributed by atoms with Crippen LogP contribution in [0.25, 0.3) is 10.2 Å². The maximum absolute atomic E-state index is 13.2. The molecule has 0 bridgehead atoms. The lowest BCUT2D eigenvalue weighted by Crippen LogP contribution is -2.34. The second-order valence-electron chi connectivity index (χ2n) is 8.90. The molecule has 0 spiro atoms. The molecule has 5 rings (SSSR count). The van der Waals surface area contributed by atoms with Gasteiger partial charge >= 0.3 is 6.03 Å². The SMILES string of the molecule is Cc1c(NC(=O)NC2CCCc3ccccc32)sc2nc3n(c(=O)c12)CCC(C)CC3. The van der Waals surface area contributed by atoms with E-state index in [1.54, 1.807) is 0 Å². The van der Waals surface area contributed by atoms with E-state index < -0.39 is 0 Å². The van der Waals surface area contributed by atoms with Crippen LogP contribution in [0.4, 0.5) is 9.80 Å². The van der Waals surface area contributed by atoms with Gasteiger partial charge in [0.25, 0.3) is 5.56 Å². The van der Waals surface area contributed by atoms with Crippen LogP contribution in [-0.2, 0) is 19.4 Å². The van der Waals surface area contributed by atoms with Crippen molar-refractivity contribution in [2.75, 3.05) is 5.32 Å². The van der Waals surface area contributed by atoms with E-state index in [0.717, 1.165) is 61.3 Å². The third kappa shape index (κ3) is 3.76. The van der Waals surface area contributed by atoms with Crippen LogP contribution in [0.2, 0.25) is 0 Å². The summed E-state index contributed by atoms with van der Waals surface area (Å²) in [6.07, 6.45) is 5.94. The zero-order valence-electron chi connectivity index (χ0n) is 18.0. The van der Waals surface area contributed by atoms with E-state index in [1.165, 1.54) is 22.5 Å². The number of anilines is 1. The van der Waals surface area contributed by atoms with Crippen LogP contribution < -0.4 is 16.2 Å². The lowest BCUT2D eigenvalue weighted by molar-refractivity contribution is 0.247. The van der Waals surface area contributed by atoms with Crippen molar-refractivity contribution in [1.82, 2.24) is 14.9 Å². The Morgan fingerprint density at radius 1 is 1.19 bits per heavy atom. The van der Waals surface area contributed by atoms with Crippen molar-refractivity contribution in [3.8, 4) is 0 Å². The van der Waals surface area contributed by atoms with Crippen LogP contribution in [0.5, 0.6) is 0 Å². The molecule has 0 fully saturated rings. The average Bonchev–Trinajstić information content (AvgIpc) is 2.93. The summed E-state index contributed by atoms with van der Waals surface area (Å²) in [7, 11) is 0. The molecule has 2 atom stereocenters. The summed E-state index contributed by atoms with van der Waals surface area (Å²) >= 11 is 1.40. The molecule has 162 valence electrons. The summed E-state index contributed by atoms with van der Waals surface area (Å²) in [5.74, 6) is 1.48. The molecular weight excluding hydrogens is 408 g/mol. The predicted molar refractivity (Wildman–Crippen MR) is 125 cm³/mol. The van der Waals surface area contributed by atoms with Crippen molar-refractivity contribution >= 4 is 32.6 Å². The number of rotatable bonds is 2. The highest BCUT2D eigenvalue weighted by molar-refractivity contribution is 7.22. The second kappa shape index (κ2) is 8.11. The Balaban J connectivity index is 1.40. The summed E-state index contributed by atoms with van der Waals surface area (Å²) < 4.78 is 1.84. The van der Waals surface area contributed by atoms with Crippen LogP contribution in [0.15, 0.2) is 29.1 Å². The summed E-state index contributed by atoms with van der Waals surface area (Å²) in [5, 5.41) is 7.47. The highest BCUT2D eigenvalue weighted by atomic mass is 32.1. The number of hydrogen-bond donors (Lipinski definition) is 2. The van der Waals surface area contributed by atoms with Gasteiger partial charge in [-0.25, -0.2) is 9.78 Å². The standard InChI is InChI=1S/C24H28N4O2S/c1-14-10-11-19-26-22-20(23(29)28(19)13-12-14)15(2)21(31-22)27-24(30)25-18-9-5-7-16-6-3-4-8-17(16)18/h3-4,6,8,14,18H,5,7,9-13H2,1-2H3,(H2,25,27,30). The molecule has 0 saturated heterocycles. The first-order chi connectivity index (χ1) is 15.0. The number of amides is 2. The number of aryl methyl sites for hydroxylation is 3. The van der Waals surface area contributed by atoms with Crippen molar-refractivity contribution in [3.05, 3.63) is 57.1 Å². The van der Waals surface area contributed by atoms with Gasteiger partial charge in [0, 0.05) is 13.0 Å². The molecule has 2 aromatic heterocycles. The summed E-state index contributed by atoms with van der Waals surface area (Å²) in [4.78, 5) is 31.6. The first-order valence-electron chi connectivity index (χ1n) is 11.2. The zero-order chi connectivity index (χ0) is 21.5. The summed E-state index contributed by atoms with van der Waals surface area (Å²) in [6, 6.07) is 8.10. The lowest BCUT2D eigenvalue weighted by Gasteiger charge is -2.26. The molecule has 2 unspecified atom stereocenters. The van der Waals surface area contributed by atoms with Crippen molar-refractivity contribution in [3.63, 3.8) is 0 Å². The Morgan fingerprint density at radius 2 is 2.03 bits per heavy atom. The van der Waals surface area contributed by atoms with Gasteiger partial charge in [-0.3, -0.25) is 14.7 Å². The molecule has 1 aromatic carbocycles. The smallest absolute Gasteiger partial charge is 0.320 e. The maximum atomic E-state index is 13.2. The molecule has 1 aliphatic heterocycles. The van der Waals surface area contributed by atoms with Gasteiger partial charge in [-0.1, -0.05) is 42.5 Å². The Hall–Kier alpha value is -2.67. The van der Waals surface area contributed by atoms with E-state index in [1.807, 2.05) is 17.6 Å². The van der Waals surface area contributed by atoms with Gasteiger partial charge in [0.15, 0.2) is 0 Å². The van der Waals surface area contributed by atoms with Crippen LogP contribution >= 0.6 is 11.3 Å². The van der Waals surface area contributed by atoms with E-state index in [-0.39, 0.29) is 17.6 Å². The van der Waals surface area contributed by atoms with Crippen molar-refractivity contribution in [2.45, 2.75) is 65.0 Å². The first kappa shape index (κ1) is 20.2. The van der Waals surface area contributed by atoms with Crippen molar-refractivity contribution in [2.24, 2.45) is 5.92 Å². The average molecular weight is 437 g/mol. The number of fused-ring (bicyclic) bond motifs is 3. The zero-order valence-corrected chi connectivity index (χ0v) is 18.8. The normalized spacial score (nSPS) is 20.6. The third-order valence-electron chi connectivity index (χ3n) is 6.74. The highest BCUT2D eigenvalue weighted by Gasteiger charge is 2.24. The number of carbonyl (C=O) groups excluding carboxylic acids is 1. The van der Waals surface area contributed by atoms with Crippen LogP contribution in [0, 0.1) is 12.8 Å². The van der Waals surface area contributed by atoms with Gasteiger partial charge in [-0.15, -0.1) is 0 Å². The maximum Gasteiger partial charge on any atom is 0.320 e. The van der Waals surface area contributed by atoms with Crippen LogP contribution in [0.1, 0.15) is 61.2 Å². The number of benzene rings is 1. The molecule has 31 heavy (non-hydrogen) atoms. The summed E-state index contributed by atoms with van der Waals surface area (Å²) in [5.41, 5.74) is 3.35. The third-order valence-corrected chi connectivity index (χ3v) is 7.84. The number of aromatic nitrogens is 2. The number of carbonyl (C=O) groups is 1. The van der Waals surface area contributed by atoms with Crippen LogP contribution in [0.3, 0.4) is 0 Å². The van der Waals surface area contributed by atoms with Gasteiger partial charge in [0.05, 0.1) is 11.4 Å². The Kier molecular flexibility index (Phi) is 5.30. The topological polar surface area (TPSA) is 76.0 Å². The van der Waals surface area contributed by atoms with E-state index in [9.17, 15) is 9.59 Å². The van der Waals surface area contributed by atoms with E-state index in [4.69, 9.17) is 4.98 Å². The molecule has 0 radical (unpaired) electrons. The Morgan fingerprint density at radius 3 is 2.90 bits per heavy atom. The number of urea groups is 1. The number of hydrogen-bond acceptors (Lipinski definition) is 4. The van der Waals surface area contributed by atoms with E-state index >= 15 is 0 Å².